The van der Waals surface area contributed by atoms with Gasteiger partial charge in [0.1, 0.15) is 12.1 Å². The molecule has 0 aliphatic rings. The number of thiophene rings is 1. The van der Waals surface area contributed by atoms with Crippen molar-refractivity contribution in [3.8, 4) is 11.4 Å². The monoisotopic (exact) mass is 236 g/mol. The van der Waals surface area contributed by atoms with Gasteiger partial charge in [0, 0.05) is 34.6 Å². The molecule has 82 valence electrons. The molecule has 0 atom stereocenters. The Morgan fingerprint density at radius 2 is 2.19 bits per heavy atom. The molecular weight excluding hydrogens is 227 g/mol. The van der Waals surface area contributed by atoms with Gasteiger partial charge in [0.25, 0.3) is 0 Å². The molecule has 0 saturated heterocycles. The van der Waals surface area contributed by atoms with E-state index in [0.717, 1.165) is 10.4 Å². The topological polar surface area (TPSA) is 46.0 Å². The minimum absolute atomic E-state index is 0.105. The largest absolute Gasteiger partial charge is 0.513 e. The van der Waals surface area contributed by atoms with Crippen LogP contribution in [0.1, 0.15) is 4.88 Å². The summed E-state index contributed by atoms with van der Waals surface area (Å²) in [4.78, 5) is 9.02. The minimum atomic E-state index is -0.553. The van der Waals surface area contributed by atoms with E-state index in [1.165, 1.54) is 11.3 Å². The van der Waals surface area contributed by atoms with Crippen LogP contribution in [0.15, 0.2) is 42.0 Å². The molecule has 0 aliphatic heterocycles. The Morgan fingerprint density at radius 1 is 1.44 bits per heavy atom. The van der Waals surface area contributed by atoms with Gasteiger partial charge in [-0.25, -0.2) is 14.4 Å². The van der Waals surface area contributed by atoms with Gasteiger partial charge in [0.05, 0.1) is 0 Å². The Hall–Kier alpha value is -1.75. The second-order valence-corrected chi connectivity index (χ2v) is 4.12. The molecule has 0 amide bonds. The van der Waals surface area contributed by atoms with Crippen molar-refractivity contribution in [1.82, 2.24) is 9.97 Å². The first-order valence-corrected chi connectivity index (χ1v) is 5.51. The lowest BCUT2D eigenvalue weighted by molar-refractivity contribution is 0.436. The molecule has 0 saturated carbocycles. The third-order valence-corrected chi connectivity index (χ3v) is 2.90. The number of nitrogens with zero attached hydrogens (tertiary/aromatic N) is 2. The third kappa shape index (κ3) is 2.43. The van der Waals surface area contributed by atoms with Crippen molar-refractivity contribution in [2.75, 3.05) is 0 Å². The van der Waals surface area contributed by atoms with Crippen LogP contribution in [-0.2, 0) is 6.42 Å². The van der Waals surface area contributed by atoms with Crippen LogP contribution in [-0.4, -0.2) is 15.1 Å². The summed E-state index contributed by atoms with van der Waals surface area (Å²) in [7, 11) is 0. The van der Waals surface area contributed by atoms with Gasteiger partial charge in [-0.15, -0.1) is 11.3 Å². The van der Waals surface area contributed by atoms with Gasteiger partial charge in [-0.1, -0.05) is 0 Å². The Bertz CT molecular complexity index is 496. The number of aromatic nitrogens is 2. The lowest BCUT2D eigenvalue weighted by Crippen LogP contribution is -1.84. The number of hydrogen-bond donors (Lipinski definition) is 1. The molecule has 0 fully saturated rings. The van der Waals surface area contributed by atoms with E-state index in [4.69, 9.17) is 5.11 Å². The van der Waals surface area contributed by atoms with E-state index < -0.39 is 5.83 Å². The van der Waals surface area contributed by atoms with Gasteiger partial charge in [0.2, 0.25) is 0 Å². The van der Waals surface area contributed by atoms with E-state index in [1.807, 2.05) is 11.4 Å². The van der Waals surface area contributed by atoms with Crippen LogP contribution in [0.2, 0.25) is 0 Å². The maximum absolute atomic E-state index is 12.8. The van der Waals surface area contributed by atoms with Gasteiger partial charge in [-0.05, 0) is 12.1 Å². The average molecular weight is 236 g/mol. The molecule has 0 aliphatic carbocycles. The van der Waals surface area contributed by atoms with Crippen molar-refractivity contribution in [1.29, 1.82) is 0 Å². The Kier molecular flexibility index (Phi) is 3.26. The van der Waals surface area contributed by atoms with Crippen LogP contribution in [0.3, 0.4) is 0 Å². The van der Waals surface area contributed by atoms with E-state index in [9.17, 15) is 4.39 Å². The fourth-order valence-electron chi connectivity index (χ4n) is 1.25. The van der Waals surface area contributed by atoms with Crippen LogP contribution in [0.25, 0.3) is 11.4 Å². The van der Waals surface area contributed by atoms with Gasteiger partial charge >= 0.3 is 0 Å². The highest BCUT2D eigenvalue weighted by Gasteiger charge is 2.06. The zero-order valence-electron chi connectivity index (χ0n) is 8.30. The van der Waals surface area contributed by atoms with Crippen LogP contribution in [0.5, 0.6) is 0 Å². The van der Waals surface area contributed by atoms with Gasteiger partial charge in [-0.2, -0.15) is 0 Å². The van der Waals surface area contributed by atoms with E-state index in [2.05, 4.69) is 9.97 Å². The average Bonchev–Trinajstić information content (AvgIpc) is 2.78. The van der Waals surface area contributed by atoms with Gasteiger partial charge in [-0.3, -0.25) is 0 Å². The molecule has 3 nitrogen and oxygen atoms in total. The Morgan fingerprint density at radius 3 is 2.88 bits per heavy atom. The van der Waals surface area contributed by atoms with Gasteiger partial charge < -0.3 is 5.11 Å². The smallest absolute Gasteiger partial charge is 0.159 e. The molecule has 2 aromatic heterocycles. The Balaban J connectivity index is 2.20. The zero-order chi connectivity index (χ0) is 11.4. The molecule has 2 rings (SSSR count). The van der Waals surface area contributed by atoms with Crippen LogP contribution in [0.4, 0.5) is 4.39 Å². The molecule has 5 heteroatoms. The van der Waals surface area contributed by atoms with Crippen molar-refractivity contribution < 1.29 is 9.50 Å². The molecule has 0 radical (unpaired) electrons. The molecule has 2 aromatic rings. The second-order valence-electron chi connectivity index (χ2n) is 3.13. The number of allylic oxidation sites excluding steroid dienone is 1. The first-order chi connectivity index (χ1) is 7.79. The number of aliphatic hydroxyl groups excluding tert-OH is 1. The molecule has 0 bridgehead atoms. The van der Waals surface area contributed by atoms with E-state index in [-0.39, 0.29) is 6.42 Å². The summed E-state index contributed by atoms with van der Waals surface area (Å²) in [6.07, 6.45) is 3.91. The standard InChI is InChI=1S/C11H9FN2OS/c12-9(6-15)5-10-4-8(7-16-10)11-13-2-1-3-14-11/h1-4,6-7,15H,5H2/b9-6-. The third-order valence-electron chi connectivity index (χ3n) is 1.96. The summed E-state index contributed by atoms with van der Waals surface area (Å²) in [6, 6.07) is 3.56. The summed E-state index contributed by atoms with van der Waals surface area (Å²) in [6.45, 7) is 0. The number of hydrogen-bond acceptors (Lipinski definition) is 4. The maximum atomic E-state index is 12.8. The molecule has 0 unspecified atom stereocenters. The predicted octanol–water partition coefficient (Wildman–Crippen LogP) is 3.12. The number of halogens is 1. The Labute approximate surface area is 95.9 Å². The van der Waals surface area contributed by atoms with E-state index in [0.29, 0.717) is 12.1 Å². The summed E-state index contributed by atoms with van der Waals surface area (Å²) in [5, 5.41) is 10.3. The highest BCUT2D eigenvalue weighted by molar-refractivity contribution is 7.10. The van der Waals surface area contributed by atoms with Crippen molar-refractivity contribution in [3.05, 3.63) is 46.9 Å². The SMILES string of the molecule is O/C=C(\F)Cc1cc(-c2ncccn2)cs1. The molecule has 1 N–H and O–H groups in total. The second kappa shape index (κ2) is 4.85. The highest BCUT2D eigenvalue weighted by atomic mass is 32.1. The summed E-state index contributed by atoms with van der Waals surface area (Å²) in [5.41, 5.74) is 0.867. The molecule has 2 heterocycles. The fourth-order valence-corrected chi connectivity index (χ4v) is 2.12. The fraction of sp³-hybridized carbons (Fsp3) is 0.0909. The van der Waals surface area contributed by atoms with E-state index in [1.54, 1.807) is 18.5 Å². The number of rotatable bonds is 3. The molecule has 0 aromatic carbocycles. The first kappa shape index (κ1) is 10.8. The predicted molar refractivity (Wildman–Crippen MR) is 60.9 cm³/mol. The molecular formula is C11H9FN2OS. The molecule has 16 heavy (non-hydrogen) atoms. The van der Waals surface area contributed by atoms with Crippen molar-refractivity contribution in [2.45, 2.75) is 6.42 Å². The van der Waals surface area contributed by atoms with Crippen LogP contribution < -0.4 is 0 Å². The lowest BCUT2D eigenvalue weighted by Gasteiger charge is -1.93. The highest BCUT2D eigenvalue weighted by Crippen LogP contribution is 2.24. The van der Waals surface area contributed by atoms with Crippen LogP contribution >= 0.6 is 11.3 Å². The zero-order valence-corrected chi connectivity index (χ0v) is 9.12. The number of aliphatic hydroxyl groups is 1. The summed E-state index contributed by atoms with van der Waals surface area (Å²) in [5.74, 6) is 0.0702. The van der Waals surface area contributed by atoms with Crippen molar-refractivity contribution in [3.63, 3.8) is 0 Å². The van der Waals surface area contributed by atoms with E-state index >= 15 is 0 Å². The maximum Gasteiger partial charge on any atom is 0.159 e. The van der Waals surface area contributed by atoms with Crippen molar-refractivity contribution in [2.24, 2.45) is 0 Å². The van der Waals surface area contributed by atoms with Crippen molar-refractivity contribution >= 4 is 11.3 Å². The quantitative estimate of drug-likeness (QED) is 0.833. The molecule has 0 spiro atoms. The summed E-state index contributed by atoms with van der Waals surface area (Å²) < 4.78 is 12.8. The van der Waals surface area contributed by atoms with Gasteiger partial charge in [0.15, 0.2) is 5.82 Å². The summed E-state index contributed by atoms with van der Waals surface area (Å²) >= 11 is 1.42. The normalized spacial score (nSPS) is 11.7. The van der Waals surface area contributed by atoms with Crippen LogP contribution in [0, 0.1) is 0 Å². The first-order valence-electron chi connectivity index (χ1n) is 4.63. The minimum Gasteiger partial charge on any atom is -0.513 e. The lowest BCUT2D eigenvalue weighted by atomic mass is 10.2.